The van der Waals surface area contributed by atoms with Crippen LogP contribution in [0, 0.1) is 56.7 Å². The number of Topliss-reactive ketones (excluding diaryl/α,β-unsaturated/α-hetero) is 1. The second kappa shape index (κ2) is 7.96. The Morgan fingerprint density at radius 2 is 1.67 bits per heavy atom. The number of rotatable bonds is 2. The van der Waals surface area contributed by atoms with Gasteiger partial charge >= 0.3 is 5.97 Å². The highest BCUT2D eigenvalue weighted by Crippen LogP contribution is 2.77. The minimum Gasteiger partial charge on any atom is -0.515 e. The van der Waals surface area contributed by atoms with Gasteiger partial charge < -0.3 is 9.84 Å². The molecule has 0 heterocycles. The van der Waals surface area contributed by atoms with Gasteiger partial charge in [0.1, 0.15) is 0 Å². The molecular formula is C32H48O4. The van der Waals surface area contributed by atoms with Crippen LogP contribution in [0.15, 0.2) is 24.0 Å². The molecule has 0 spiro atoms. The summed E-state index contributed by atoms with van der Waals surface area (Å²) in [6, 6.07) is 0. The number of carbonyl (C=O) groups is 2. The third-order valence-electron chi connectivity index (χ3n) is 13.4. The van der Waals surface area contributed by atoms with Gasteiger partial charge in [0.25, 0.3) is 0 Å². The van der Waals surface area contributed by atoms with Gasteiger partial charge in [-0.05, 0) is 111 Å². The number of methoxy groups -OCH3 is 1. The molecule has 4 nitrogen and oxygen atoms in total. The van der Waals surface area contributed by atoms with Gasteiger partial charge in [-0.25, -0.2) is 0 Å². The monoisotopic (exact) mass is 496 g/mol. The molecule has 0 aromatic heterocycles. The molecule has 0 aromatic carbocycles. The minimum absolute atomic E-state index is 0.00603. The number of ether oxygens (including phenoxy) is 1. The smallest absolute Gasteiger partial charge is 0.312 e. The van der Waals surface area contributed by atoms with Crippen LogP contribution in [0.2, 0.25) is 0 Å². The van der Waals surface area contributed by atoms with E-state index < -0.39 is 5.41 Å². The summed E-state index contributed by atoms with van der Waals surface area (Å²) >= 11 is 0. The second-order valence-corrected chi connectivity index (χ2v) is 14.7. The molecule has 1 N–H and O–H groups in total. The van der Waals surface area contributed by atoms with Crippen molar-refractivity contribution >= 4 is 11.8 Å². The van der Waals surface area contributed by atoms with Crippen LogP contribution in [0.5, 0.6) is 0 Å². The van der Waals surface area contributed by atoms with Crippen LogP contribution in [0.4, 0.5) is 0 Å². The fourth-order valence-electron chi connectivity index (χ4n) is 11.7. The molecule has 5 fully saturated rings. The molecular weight excluding hydrogens is 448 g/mol. The highest BCUT2D eigenvalue weighted by molar-refractivity contribution is 6.00. The number of esters is 1. The van der Waals surface area contributed by atoms with Gasteiger partial charge in [-0.2, -0.15) is 0 Å². The Morgan fingerprint density at radius 3 is 2.28 bits per heavy atom. The number of fused-ring (bicyclic) bond motifs is 7. The zero-order valence-corrected chi connectivity index (χ0v) is 23.7. The minimum atomic E-state index is -0.455. The third kappa shape index (κ3) is 2.94. The highest BCUT2D eigenvalue weighted by Gasteiger charge is 2.72. The Hall–Kier alpha value is -1.58. The van der Waals surface area contributed by atoms with Crippen LogP contribution in [0.1, 0.15) is 99.3 Å². The van der Waals surface area contributed by atoms with Gasteiger partial charge in [0, 0.05) is 11.0 Å². The van der Waals surface area contributed by atoms with Crippen molar-refractivity contribution in [3.8, 4) is 0 Å². The maximum Gasteiger partial charge on any atom is 0.312 e. The quantitative estimate of drug-likeness (QED) is 0.187. The third-order valence-corrected chi connectivity index (χ3v) is 13.4. The number of aliphatic hydroxyl groups excluding tert-OH is 1. The first kappa shape index (κ1) is 26.0. The number of ketones is 1. The van der Waals surface area contributed by atoms with E-state index >= 15 is 0 Å². The van der Waals surface area contributed by atoms with E-state index in [0.717, 1.165) is 57.6 Å². The van der Waals surface area contributed by atoms with Gasteiger partial charge in [0.15, 0.2) is 5.78 Å². The molecule has 4 heteroatoms. The summed E-state index contributed by atoms with van der Waals surface area (Å²) in [6.45, 7) is 18.3. The summed E-state index contributed by atoms with van der Waals surface area (Å²) in [6.07, 6.45) is 10.2. The fraction of sp³-hybridized carbons (Fsp3) is 0.812. The fourth-order valence-corrected chi connectivity index (χ4v) is 11.7. The standard InChI is InChI=1S/C32H48O4/c1-19(2)21-11-14-32(27(35)36-8)16-15-30(6)22(25(21)32)9-10-24-29(5)17-20(18-33)26(34)28(3,4)23(29)12-13-31(24,30)7/h18,21-25,33H,1,9-17H2,2-8H3/t21-,22?,23?,24+,25?,29-,30+,31+,32-/m0/s1. The van der Waals surface area contributed by atoms with E-state index in [2.05, 4.69) is 48.1 Å². The molecule has 3 unspecified atom stereocenters. The molecule has 5 rings (SSSR count). The molecule has 200 valence electrons. The topological polar surface area (TPSA) is 63.6 Å². The van der Waals surface area contributed by atoms with Crippen molar-refractivity contribution in [3.63, 3.8) is 0 Å². The van der Waals surface area contributed by atoms with Crippen molar-refractivity contribution in [3.05, 3.63) is 24.0 Å². The van der Waals surface area contributed by atoms with E-state index in [-0.39, 0.29) is 33.4 Å². The van der Waals surface area contributed by atoms with Gasteiger partial charge in [0.05, 0.1) is 18.8 Å². The summed E-state index contributed by atoms with van der Waals surface area (Å²) in [7, 11) is 1.56. The van der Waals surface area contributed by atoms with E-state index in [1.807, 2.05) is 0 Å². The Morgan fingerprint density at radius 1 is 0.972 bits per heavy atom. The first-order valence-corrected chi connectivity index (χ1v) is 14.4. The lowest BCUT2D eigenvalue weighted by Gasteiger charge is -2.72. The normalized spacial score (nSPS) is 50.5. The Labute approximate surface area is 218 Å². The maximum atomic E-state index is 13.4. The molecule has 0 amide bonds. The molecule has 36 heavy (non-hydrogen) atoms. The maximum absolute atomic E-state index is 13.4. The molecule has 9 atom stereocenters. The van der Waals surface area contributed by atoms with E-state index in [9.17, 15) is 14.7 Å². The van der Waals surface area contributed by atoms with Gasteiger partial charge in [0.2, 0.25) is 0 Å². The Bertz CT molecular complexity index is 1020. The summed E-state index contributed by atoms with van der Waals surface area (Å²) in [5, 5.41) is 10.0. The molecule has 5 aliphatic rings. The van der Waals surface area contributed by atoms with Crippen LogP contribution in [0.25, 0.3) is 0 Å². The molecule has 5 saturated carbocycles. The second-order valence-electron chi connectivity index (χ2n) is 14.7. The van der Waals surface area contributed by atoms with Crippen LogP contribution in [0.3, 0.4) is 0 Å². The van der Waals surface area contributed by atoms with Gasteiger partial charge in [-0.15, -0.1) is 0 Å². The molecule has 0 radical (unpaired) electrons. The zero-order chi connectivity index (χ0) is 26.5. The average Bonchev–Trinajstić information content (AvgIpc) is 3.22. The predicted molar refractivity (Wildman–Crippen MR) is 142 cm³/mol. The van der Waals surface area contributed by atoms with Crippen molar-refractivity contribution < 1.29 is 19.4 Å². The largest absolute Gasteiger partial charge is 0.515 e. The lowest BCUT2D eigenvalue weighted by molar-refractivity contribution is -0.232. The Kier molecular flexibility index (Phi) is 5.76. The van der Waals surface area contributed by atoms with Crippen molar-refractivity contribution in [1.82, 2.24) is 0 Å². The van der Waals surface area contributed by atoms with Gasteiger partial charge in [-0.1, -0.05) is 46.8 Å². The summed E-state index contributed by atoms with van der Waals surface area (Å²) in [5.41, 5.74) is 1.25. The highest BCUT2D eigenvalue weighted by atomic mass is 16.5. The van der Waals surface area contributed by atoms with E-state index in [4.69, 9.17) is 4.74 Å². The van der Waals surface area contributed by atoms with Crippen LogP contribution >= 0.6 is 0 Å². The number of carbonyl (C=O) groups excluding carboxylic acids is 2. The lowest BCUT2D eigenvalue weighted by Crippen LogP contribution is -2.67. The van der Waals surface area contributed by atoms with E-state index in [1.54, 1.807) is 7.11 Å². The van der Waals surface area contributed by atoms with Crippen LogP contribution < -0.4 is 0 Å². The molecule has 5 aliphatic carbocycles. The zero-order valence-electron chi connectivity index (χ0n) is 23.7. The summed E-state index contributed by atoms with van der Waals surface area (Å²) in [5.74, 6) is 2.12. The predicted octanol–water partition coefficient (Wildman–Crippen LogP) is 7.44. The molecule has 0 saturated heterocycles. The van der Waals surface area contributed by atoms with E-state index in [1.165, 1.54) is 5.57 Å². The number of hydrogen-bond acceptors (Lipinski definition) is 4. The summed E-state index contributed by atoms with van der Waals surface area (Å²) < 4.78 is 5.48. The molecule has 0 aliphatic heterocycles. The SMILES string of the molecule is C=C(C)[C@@H]1CC[C@]2(C(=O)OC)CC[C@]3(C)C(CC[C@@H]4[C@@]5(C)CC(=CO)C(=O)C(C)(C)C5CC[C@]43C)C12. The van der Waals surface area contributed by atoms with Crippen molar-refractivity contribution in [2.45, 2.75) is 99.3 Å². The first-order valence-electron chi connectivity index (χ1n) is 14.4. The molecule has 0 aromatic rings. The number of allylic oxidation sites excluding steroid dienone is 2. The van der Waals surface area contributed by atoms with Crippen LogP contribution in [-0.4, -0.2) is 24.0 Å². The van der Waals surface area contributed by atoms with Crippen molar-refractivity contribution in [2.75, 3.05) is 7.11 Å². The van der Waals surface area contributed by atoms with Crippen LogP contribution in [-0.2, 0) is 14.3 Å². The van der Waals surface area contributed by atoms with E-state index in [0.29, 0.717) is 41.6 Å². The van der Waals surface area contributed by atoms with Gasteiger partial charge in [-0.3, -0.25) is 9.59 Å². The first-order chi connectivity index (χ1) is 16.7. The molecule has 0 bridgehead atoms. The summed E-state index contributed by atoms with van der Waals surface area (Å²) in [4.78, 5) is 26.7. The van der Waals surface area contributed by atoms with Crippen molar-refractivity contribution in [1.29, 1.82) is 0 Å². The number of hydrogen-bond donors (Lipinski definition) is 1. The lowest BCUT2D eigenvalue weighted by atomic mass is 9.32. The average molecular weight is 497 g/mol. The Balaban J connectivity index is 1.59. The van der Waals surface area contributed by atoms with Crippen molar-refractivity contribution in [2.24, 2.45) is 56.7 Å². The number of aliphatic hydroxyl groups is 1.